The van der Waals surface area contributed by atoms with Crippen molar-refractivity contribution in [3.63, 3.8) is 0 Å². The molecule has 4 nitrogen and oxygen atoms in total. The number of carbonyl (C=O) groups is 1. The molecule has 0 unspecified atom stereocenters. The van der Waals surface area contributed by atoms with Gasteiger partial charge >= 0.3 is 0 Å². The molecule has 0 radical (unpaired) electrons. The third-order valence-corrected chi connectivity index (χ3v) is 6.68. The first-order valence-electron chi connectivity index (χ1n) is 10.6. The summed E-state index contributed by atoms with van der Waals surface area (Å²) in [5.41, 5.74) is 3.81. The number of fused-ring (bicyclic) bond motifs is 1. The Morgan fingerprint density at radius 2 is 1.72 bits per heavy atom. The standard InChI is InChI=1S/C24H30FN3O/c1-3-27-10-12-28(13-11-27)24(15-19-6-4-5-7-20(19)16-24)23(29)26-17-21-14-22(25)9-8-18(21)2/h4-9,14H,3,10-13,15-17H2,1-2H3,(H,26,29). The molecule has 5 heteroatoms. The van der Waals surface area contributed by atoms with E-state index in [2.05, 4.69) is 46.3 Å². The third kappa shape index (κ3) is 3.94. The molecule has 154 valence electrons. The van der Waals surface area contributed by atoms with Crippen LogP contribution in [-0.2, 0) is 24.2 Å². The molecule has 1 aliphatic carbocycles. The predicted molar refractivity (Wildman–Crippen MR) is 113 cm³/mol. The van der Waals surface area contributed by atoms with Gasteiger partial charge in [-0.25, -0.2) is 4.39 Å². The second-order valence-corrected chi connectivity index (χ2v) is 8.33. The SMILES string of the molecule is CCN1CCN(C2(C(=O)NCc3cc(F)ccc3C)Cc3ccccc3C2)CC1. The summed E-state index contributed by atoms with van der Waals surface area (Å²) in [4.78, 5) is 18.4. The van der Waals surface area contributed by atoms with Crippen LogP contribution < -0.4 is 5.32 Å². The monoisotopic (exact) mass is 395 g/mol. The van der Waals surface area contributed by atoms with Crippen molar-refractivity contribution in [1.29, 1.82) is 0 Å². The number of hydrogen-bond acceptors (Lipinski definition) is 3. The van der Waals surface area contributed by atoms with Crippen LogP contribution in [0, 0.1) is 12.7 Å². The van der Waals surface area contributed by atoms with E-state index in [-0.39, 0.29) is 11.7 Å². The minimum atomic E-state index is -0.551. The lowest BCUT2D eigenvalue weighted by Gasteiger charge is -2.44. The van der Waals surface area contributed by atoms with E-state index in [4.69, 9.17) is 0 Å². The van der Waals surface area contributed by atoms with Gasteiger partial charge in [0, 0.05) is 45.6 Å². The number of benzene rings is 2. The topological polar surface area (TPSA) is 35.6 Å². The number of aryl methyl sites for hydroxylation is 1. The fourth-order valence-corrected chi connectivity index (χ4v) is 4.79. The second kappa shape index (κ2) is 8.25. The van der Waals surface area contributed by atoms with E-state index < -0.39 is 5.54 Å². The van der Waals surface area contributed by atoms with Crippen LogP contribution in [0.25, 0.3) is 0 Å². The van der Waals surface area contributed by atoms with Crippen LogP contribution >= 0.6 is 0 Å². The summed E-state index contributed by atoms with van der Waals surface area (Å²) >= 11 is 0. The molecule has 1 fully saturated rings. The van der Waals surface area contributed by atoms with Gasteiger partial charge in [-0.3, -0.25) is 9.69 Å². The van der Waals surface area contributed by atoms with Crippen molar-refractivity contribution in [3.8, 4) is 0 Å². The summed E-state index contributed by atoms with van der Waals surface area (Å²) in [6, 6.07) is 13.1. The van der Waals surface area contributed by atoms with E-state index in [0.29, 0.717) is 6.54 Å². The number of piperazine rings is 1. The van der Waals surface area contributed by atoms with E-state index in [9.17, 15) is 9.18 Å². The highest BCUT2D eigenvalue weighted by Gasteiger charge is 2.48. The summed E-state index contributed by atoms with van der Waals surface area (Å²) in [5, 5.41) is 3.15. The molecule has 0 aromatic heterocycles. The van der Waals surface area contributed by atoms with Crippen LogP contribution in [-0.4, -0.2) is 54.0 Å². The van der Waals surface area contributed by atoms with Gasteiger partial charge in [-0.05, 0) is 47.9 Å². The van der Waals surface area contributed by atoms with Crippen molar-refractivity contribution in [2.45, 2.75) is 38.8 Å². The summed E-state index contributed by atoms with van der Waals surface area (Å²) in [6.07, 6.45) is 1.48. The number of likely N-dealkylation sites (N-methyl/N-ethyl adjacent to an activating group) is 1. The highest BCUT2D eigenvalue weighted by Crippen LogP contribution is 2.36. The van der Waals surface area contributed by atoms with Gasteiger partial charge in [0.05, 0.1) is 0 Å². The predicted octanol–water partition coefficient (Wildman–Crippen LogP) is 2.93. The number of nitrogens with zero attached hydrogens (tertiary/aromatic N) is 2. The Labute approximate surface area is 172 Å². The van der Waals surface area contributed by atoms with Gasteiger partial charge in [0.1, 0.15) is 11.4 Å². The summed E-state index contributed by atoms with van der Waals surface area (Å²) < 4.78 is 13.7. The number of rotatable bonds is 5. The molecule has 1 heterocycles. The maximum atomic E-state index is 13.7. The van der Waals surface area contributed by atoms with Gasteiger partial charge in [-0.2, -0.15) is 0 Å². The van der Waals surface area contributed by atoms with Crippen LogP contribution in [0.3, 0.4) is 0 Å². The van der Waals surface area contributed by atoms with E-state index in [0.717, 1.165) is 56.7 Å². The lowest BCUT2D eigenvalue weighted by molar-refractivity contribution is -0.135. The molecule has 4 rings (SSSR count). The van der Waals surface area contributed by atoms with Gasteiger partial charge in [-0.1, -0.05) is 37.3 Å². The fraction of sp³-hybridized carbons (Fsp3) is 0.458. The Balaban J connectivity index is 1.56. The average Bonchev–Trinajstić information content (AvgIpc) is 3.15. The zero-order valence-electron chi connectivity index (χ0n) is 17.4. The third-order valence-electron chi connectivity index (χ3n) is 6.68. The lowest BCUT2D eigenvalue weighted by atomic mass is 9.90. The van der Waals surface area contributed by atoms with Crippen LogP contribution in [0.4, 0.5) is 4.39 Å². The molecule has 0 bridgehead atoms. The molecule has 0 atom stereocenters. The Bertz CT molecular complexity index is 864. The van der Waals surface area contributed by atoms with Gasteiger partial charge in [0.2, 0.25) is 5.91 Å². The molecule has 2 aliphatic rings. The molecule has 2 aromatic carbocycles. The van der Waals surface area contributed by atoms with Crippen molar-refractivity contribution in [2.75, 3.05) is 32.7 Å². The van der Waals surface area contributed by atoms with Gasteiger partial charge in [-0.15, -0.1) is 0 Å². The zero-order valence-corrected chi connectivity index (χ0v) is 17.4. The molecular weight excluding hydrogens is 365 g/mol. The summed E-state index contributed by atoms with van der Waals surface area (Å²) in [5.74, 6) is -0.208. The maximum Gasteiger partial charge on any atom is 0.241 e. The Morgan fingerprint density at radius 3 is 2.34 bits per heavy atom. The van der Waals surface area contributed by atoms with Gasteiger partial charge in [0.25, 0.3) is 0 Å². The average molecular weight is 396 g/mol. The molecule has 1 amide bonds. The van der Waals surface area contributed by atoms with Crippen molar-refractivity contribution in [3.05, 3.63) is 70.5 Å². The molecule has 0 saturated carbocycles. The van der Waals surface area contributed by atoms with Crippen LogP contribution in [0.1, 0.15) is 29.2 Å². The number of halogens is 1. The van der Waals surface area contributed by atoms with E-state index in [1.54, 1.807) is 6.07 Å². The first kappa shape index (κ1) is 20.0. The smallest absolute Gasteiger partial charge is 0.241 e. The molecule has 1 N–H and O–H groups in total. The normalized spacial score (nSPS) is 19.1. The zero-order chi connectivity index (χ0) is 20.4. The number of nitrogens with one attached hydrogen (secondary N) is 1. The summed E-state index contributed by atoms with van der Waals surface area (Å²) in [6.45, 7) is 9.32. The molecule has 0 spiro atoms. The first-order valence-corrected chi connectivity index (χ1v) is 10.6. The number of carbonyl (C=O) groups excluding carboxylic acids is 1. The molecule has 1 saturated heterocycles. The lowest BCUT2D eigenvalue weighted by Crippen LogP contribution is -2.64. The van der Waals surface area contributed by atoms with E-state index >= 15 is 0 Å². The molecule has 1 aliphatic heterocycles. The minimum Gasteiger partial charge on any atom is -0.350 e. The van der Waals surface area contributed by atoms with Crippen LogP contribution in [0.5, 0.6) is 0 Å². The number of amides is 1. The van der Waals surface area contributed by atoms with Crippen molar-refractivity contribution in [2.24, 2.45) is 0 Å². The summed E-state index contributed by atoms with van der Waals surface area (Å²) in [7, 11) is 0. The van der Waals surface area contributed by atoms with Crippen molar-refractivity contribution in [1.82, 2.24) is 15.1 Å². The van der Waals surface area contributed by atoms with Crippen molar-refractivity contribution < 1.29 is 9.18 Å². The second-order valence-electron chi connectivity index (χ2n) is 8.33. The van der Waals surface area contributed by atoms with Crippen molar-refractivity contribution >= 4 is 5.91 Å². The number of hydrogen-bond donors (Lipinski definition) is 1. The van der Waals surface area contributed by atoms with Gasteiger partial charge < -0.3 is 10.2 Å². The molecular formula is C24H30FN3O. The Hall–Kier alpha value is -2.24. The fourth-order valence-electron chi connectivity index (χ4n) is 4.79. The Kier molecular flexibility index (Phi) is 5.70. The quantitative estimate of drug-likeness (QED) is 0.846. The molecule has 29 heavy (non-hydrogen) atoms. The highest BCUT2D eigenvalue weighted by atomic mass is 19.1. The Morgan fingerprint density at radius 1 is 1.07 bits per heavy atom. The van der Waals surface area contributed by atoms with E-state index in [1.807, 2.05) is 6.92 Å². The van der Waals surface area contributed by atoms with Crippen LogP contribution in [0.15, 0.2) is 42.5 Å². The largest absolute Gasteiger partial charge is 0.350 e. The minimum absolute atomic E-state index is 0.0577. The molecule has 2 aromatic rings. The van der Waals surface area contributed by atoms with E-state index in [1.165, 1.54) is 23.3 Å². The van der Waals surface area contributed by atoms with Gasteiger partial charge in [0.15, 0.2) is 0 Å². The first-order chi connectivity index (χ1) is 14.0. The maximum absolute atomic E-state index is 13.7. The highest BCUT2D eigenvalue weighted by molar-refractivity contribution is 5.88. The van der Waals surface area contributed by atoms with Crippen LogP contribution in [0.2, 0.25) is 0 Å².